The first-order chi connectivity index (χ1) is 8.15. The van der Waals surface area contributed by atoms with Crippen molar-refractivity contribution in [1.29, 1.82) is 0 Å². The van der Waals surface area contributed by atoms with Crippen LogP contribution in [-0.4, -0.2) is 10.1 Å². The lowest BCUT2D eigenvalue weighted by Gasteiger charge is -2.05. The van der Waals surface area contributed by atoms with E-state index in [4.69, 9.17) is 0 Å². The molecule has 17 heavy (non-hydrogen) atoms. The van der Waals surface area contributed by atoms with Gasteiger partial charge in [-0.15, -0.1) is 0 Å². The van der Waals surface area contributed by atoms with Crippen molar-refractivity contribution < 1.29 is 5.11 Å². The monoisotopic (exact) mass is 245 g/mol. The van der Waals surface area contributed by atoms with Gasteiger partial charge < -0.3 is 5.11 Å². The molecule has 0 saturated carbocycles. The standard InChI is InChI=1S/C14H15NOS/c1-10-4-3-5-12(8-10)17-13-6-7-14(11(2)16)15-9-13/h3-9,11,16H,1-2H3. The normalized spacial score (nSPS) is 12.4. The molecule has 0 aliphatic carbocycles. The highest BCUT2D eigenvalue weighted by Gasteiger charge is 2.03. The van der Waals surface area contributed by atoms with E-state index >= 15 is 0 Å². The van der Waals surface area contributed by atoms with Crippen molar-refractivity contribution in [2.75, 3.05) is 0 Å². The number of rotatable bonds is 3. The number of aliphatic hydroxyl groups excluding tert-OH is 1. The predicted octanol–water partition coefficient (Wildman–Crippen LogP) is 3.59. The van der Waals surface area contributed by atoms with Crippen LogP contribution in [0.15, 0.2) is 52.4 Å². The Morgan fingerprint density at radius 3 is 2.59 bits per heavy atom. The fourth-order valence-electron chi connectivity index (χ4n) is 1.51. The lowest BCUT2D eigenvalue weighted by molar-refractivity contribution is 0.194. The van der Waals surface area contributed by atoms with E-state index in [-0.39, 0.29) is 0 Å². The summed E-state index contributed by atoms with van der Waals surface area (Å²) in [6.45, 7) is 3.80. The summed E-state index contributed by atoms with van der Waals surface area (Å²) in [5.74, 6) is 0. The minimum atomic E-state index is -0.506. The van der Waals surface area contributed by atoms with Gasteiger partial charge in [0.15, 0.2) is 0 Å². The Kier molecular flexibility index (Phi) is 3.82. The van der Waals surface area contributed by atoms with Crippen molar-refractivity contribution in [2.45, 2.75) is 29.7 Å². The highest BCUT2D eigenvalue weighted by Crippen LogP contribution is 2.27. The zero-order valence-electron chi connectivity index (χ0n) is 9.92. The molecule has 2 aromatic rings. The smallest absolute Gasteiger partial charge is 0.0931 e. The predicted molar refractivity (Wildman–Crippen MR) is 70.2 cm³/mol. The molecule has 0 amide bonds. The van der Waals surface area contributed by atoms with Crippen LogP contribution in [0.3, 0.4) is 0 Å². The maximum atomic E-state index is 9.37. The molecule has 2 rings (SSSR count). The van der Waals surface area contributed by atoms with Gasteiger partial charge in [0.25, 0.3) is 0 Å². The molecular weight excluding hydrogens is 230 g/mol. The molecule has 1 heterocycles. The maximum Gasteiger partial charge on any atom is 0.0931 e. The zero-order valence-corrected chi connectivity index (χ0v) is 10.7. The third kappa shape index (κ3) is 3.32. The van der Waals surface area contributed by atoms with E-state index < -0.39 is 6.10 Å². The number of hydrogen-bond acceptors (Lipinski definition) is 3. The summed E-state index contributed by atoms with van der Waals surface area (Å²) < 4.78 is 0. The van der Waals surface area contributed by atoms with Gasteiger partial charge in [0, 0.05) is 16.0 Å². The van der Waals surface area contributed by atoms with Gasteiger partial charge in [-0.3, -0.25) is 4.98 Å². The van der Waals surface area contributed by atoms with Crippen LogP contribution < -0.4 is 0 Å². The number of hydrogen-bond donors (Lipinski definition) is 1. The summed E-state index contributed by atoms with van der Waals surface area (Å²) in [6.07, 6.45) is 1.29. The van der Waals surface area contributed by atoms with Gasteiger partial charge in [0.2, 0.25) is 0 Å². The second-order valence-electron chi connectivity index (χ2n) is 4.01. The van der Waals surface area contributed by atoms with E-state index in [1.807, 2.05) is 12.1 Å². The number of aromatic nitrogens is 1. The Bertz CT molecular complexity index is 494. The molecule has 1 unspecified atom stereocenters. The minimum Gasteiger partial charge on any atom is -0.387 e. The summed E-state index contributed by atoms with van der Waals surface area (Å²) in [4.78, 5) is 6.51. The van der Waals surface area contributed by atoms with E-state index in [1.165, 1.54) is 10.5 Å². The van der Waals surface area contributed by atoms with Gasteiger partial charge in [-0.1, -0.05) is 29.5 Å². The van der Waals surface area contributed by atoms with Crippen LogP contribution >= 0.6 is 11.8 Å². The van der Waals surface area contributed by atoms with Crippen LogP contribution in [0.1, 0.15) is 24.3 Å². The zero-order chi connectivity index (χ0) is 12.3. The van der Waals surface area contributed by atoms with E-state index in [9.17, 15) is 5.11 Å². The Labute approximate surface area is 106 Å². The van der Waals surface area contributed by atoms with Crippen LogP contribution in [0.5, 0.6) is 0 Å². The lowest BCUT2D eigenvalue weighted by Crippen LogP contribution is -1.94. The van der Waals surface area contributed by atoms with Gasteiger partial charge in [-0.25, -0.2) is 0 Å². The van der Waals surface area contributed by atoms with Crippen molar-refractivity contribution in [3.8, 4) is 0 Å². The van der Waals surface area contributed by atoms with E-state index in [0.717, 1.165) is 4.90 Å². The Morgan fingerprint density at radius 2 is 2.00 bits per heavy atom. The first kappa shape index (κ1) is 12.1. The number of benzene rings is 1. The molecule has 0 aliphatic heterocycles. The largest absolute Gasteiger partial charge is 0.387 e. The molecule has 1 atom stereocenters. The fraction of sp³-hybridized carbons (Fsp3) is 0.214. The van der Waals surface area contributed by atoms with E-state index in [0.29, 0.717) is 5.69 Å². The highest BCUT2D eigenvalue weighted by atomic mass is 32.2. The average molecular weight is 245 g/mol. The third-order valence-corrected chi connectivity index (χ3v) is 3.38. The molecule has 1 aromatic heterocycles. The molecule has 0 bridgehead atoms. The molecule has 0 saturated heterocycles. The summed E-state index contributed by atoms with van der Waals surface area (Å²) in [6, 6.07) is 12.2. The molecule has 1 aromatic carbocycles. The van der Waals surface area contributed by atoms with Crippen LogP contribution in [0.2, 0.25) is 0 Å². The second-order valence-corrected chi connectivity index (χ2v) is 5.16. The van der Waals surface area contributed by atoms with Gasteiger partial charge in [0.05, 0.1) is 11.8 Å². The molecule has 1 N–H and O–H groups in total. The van der Waals surface area contributed by atoms with Crippen molar-refractivity contribution in [2.24, 2.45) is 0 Å². The number of nitrogens with zero attached hydrogens (tertiary/aromatic N) is 1. The number of pyridine rings is 1. The minimum absolute atomic E-state index is 0.506. The van der Waals surface area contributed by atoms with Gasteiger partial charge in [0.1, 0.15) is 0 Å². The average Bonchev–Trinajstić information content (AvgIpc) is 2.29. The van der Waals surface area contributed by atoms with Crippen LogP contribution in [-0.2, 0) is 0 Å². The summed E-state index contributed by atoms with van der Waals surface area (Å²) >= 11 is 1.68. The Hall–Kier alpha value is -1.32. The topological polar surface area (TPSA) is 33.1 Å². The first-order valence-electron chi connectivity index (χ1n) is 5.54. The Balaban J connectivity index is 2.14. The van der Waals surface area contributed by atoms with Crippen LogP contribution in [0, 0.1) is 6.92 Å². The maximum absolute atomic E-state index is 9.37. The van der Waals surface area contributed by atoms with Gasteiger partial charge in [-0.05, 0) is 38.1 Å². The summed E-state index contributed by atoms with van der Waals surface area (Å²) in [5.41, 5.74) is 1.96. The molecule has 0 radical (unpaired) electrons. The van der Waals surface area contributed by atoms with Crippen molar-refractivity contribution >= 4 is 11.8 Å². The van der Waals surface area contributed by atoms with E-state index in [2.05, 4.69) is 36.2 Å². The summed E-state index contributed by atoms with van der Waals surface area (Å²) in [7, 11) is 0. The van der Waals surface area contributed by atoms with E-state index in [1.54, 1.807) is 24.9 Å². The molecule has 88 valence electrons. The van der Waals surface area contributed by atoms with Crippen molar-refractivity contribution in [3.05, 3.63) is 53.9 Å². The lowest BCUT2D eigenvalue weighted by atomic mass is 10.2. The molecule has 0 aliphatic rings. The molecule has 0 fully saturated rings. The van der Waals surface area contributed by atoms with Crippen molar-refractivity contribution in [1.82, 2.24) is 4.98 Å². The van der Waals surface area contributed by atoms with Gasteiger partial charge in [-0.2, -0.15) is 0 Å². The van der Waals surface area contributed by atoms with Gasteiger partial charge >= 0.3 is 0 Å². The quantitative estimate of drug-likeness (QED) is 0.897. The SMILES string of the molecule is Cc1cccc(Sc2ccc(C(C)O)nc2)c1. The second kappa shape index (κ2) is 5.34. The number of aryl methyl sites for hydroxylation is 1. The molecule has 0 spiro atoms. The van der Waals surface area contributed by atoms with Crippen LogP contribution in [0.25, 0.3) is 0 Å². The molecular formula is C14H15NOS. The van der Waals surface area contributed by atoms with Crippen molar-refractivity contribution in [3.63, 3.8) is 0 Å². The molecule has 2 nitrogen and oxygen atoms in total. The fourth-order valence-corrected chi connectivity index (χ4v) is 2.42. The molecule has 3 heteroatoms. The van der Waals surface area contributed by atoms with Crippen LogP contribution in [0.4, 0.5) is 0 Å². The highest BCUT2D eigenvalue weighted by molar-refractivity contribution is 7.99. The Morgan fingerprint density at radius 1 is 1.18 bits per heavy atom. The number of aliphatic hydroxyl groups is 1. The summed E-state index contributed by atoms with van der Waals surface area (Å²) in [5, 5.41) is 9.37. The first-order valence-corrected chi connectivity index (χ1v) is 6.35. The third-order valence-electron chi connectivity index (χ3n) is 2.41.